The number of likely N-dealkylation sites (N-methyl/N-ethyl adjacent to an activating group) is 1. The lowest BCUT2D eigenvalue weighted by molar-refractivity contribution is -0.130. The Morgan fingerprint density at radius 3 is 2.65 bits per heavy atom. The molecule has 0 radical (unpaired) electrons. The molecule has 1 saturated carbocycles. The highest BCUT2D eigenvalue weighted by Gasteiger charge is 2.37. The number of nitrogens with two attached hydrogens (primary N) is 1. The Hall–Kier alpha value is -1.50. The molecule has 2 rings (SSSR count). The van der Waals surface area contributed by atoms with Crippen molar-refractivity contribution in [3.8, 4) is 5.75 Å². The number of nitrogens with zero attached hydrogens (tertiary/aromatic N) is 1. The average Bonchev–Trinajstić information content (AvgIpc) is 2.53. The van der Waals surface area contributed by atoms with Gasteiger partial charge in [0, 0.05) is 25.3 Å². The number of hydrogen-bond donors (Lipinski definition) is 2. The topological polar surface area (TPSA) is 84.7 Å². The molecule has 1 aromatic carbocycles. The van der Waals surface area contributed by atoms with Crippen LogP contribution in [0.3, 0.4) is 0 Å². The van der Waals surface area contributed by atoms with Gasteiger partial charge in [-0.15, -0.1) is 12.4 Å². The molecule has 1 aliphatic carbocycles. The van der Waals surface area contributed by atoms with Crippen molar-refractivity contribution in [3.63, 3.8) is 0 Å². The predicted molar refractivity (Wildman–Crippen MR) is 106 cm³/mol. The first kappa shape index (κ1) is 22.5. The maximum atomic E-state index is 12.6. The van der Waals surface area contributed by atoms with Crippen molar-refractivity contribution in [3.05, 3.63) is 23.2 Å². The zero-order chi connectivity index (χ0) is 18.6. The molecule has 6 nitrogen and oxygen atoms in total. The molecule has 0 bridgehead atoms. The lowest BCUT2D eigenvalue weighted by atomic mass is 9.74. The number of carbonyl (C=O) groups excluding carboxylic acids is 2. The van der Waals surface area contributed by atoms with Gasteiger partial charge in [0.25, 0.3) is 5.91 Å². The van der Waals surface area contributed by atoms with Crippen LogP contribution in [0.2, 0.25) is 5.02 Å². The SMILES string of the molecule is CN(C)C(=O)COc1ccc(NC(=O)C2CCCCC2(C)N)cc1Cl.Cl. The summed E-state index contributed by atoms with van der Waals surface area (Å²) in [5.41, 5.74) is 6.38. The second-order valence-electron chi connectivity index (χ2n) is 7.02. The van der Waals surface area contributed by atoms with Gasteiger partial charge in [-0.05, 0) is 38.0 Å². The van der Waals surface area contributed by atoms with E-state index in [1.165, 1.54) is 4.90 Å². The fraction of sp³-hybridized carbons (Fsp3) is 0.556. The van der Waals surface area contributed by atoms with Crippen molar-refractivity contribution in [2.75, 3.05) is 26.0 Å². The number of amides is 2. The van der Waals surface area contributed by atoms with E-state index in [2.05, 4.69) is 5.32 Å². The van der Waals surface area contributed by atoms with Crippen LogP contribution in [-0.2, 0) is 9.59 Å². The molecule has 146 valence electrons. The van der Waals surface area contributed by atoms with Gasteiger partial charge in [0.1, 0.15) is 5.75 Å². The van der Waals surface area contributed by atoms with Crippen LogP contribution in [0.25, 0.3) is 0 Å². The molecule has 0 saturated heterocycles. The molecule has 2 atom stereocenters. The molecule has 2 amide bonds. The molecular weight excluding hydrogens is 377 g/mol. The van der Waals surface area contributed by atoms with Crippen LogP contribution >= 0.6 is 24.0 Å². The molecule has 1 fully saturated rings. The van der Waals surface area contributed by atoms with Gasteiger partial charge < -0.3 is 20.7 Å². The van der Waals surface area contributed by atoms with Crippen LogP contribution < -0.4 is 15.8 Å². The Balaban J connectivity index is 0.00000338. The van der Waals surface area contributed by atoms with Gasteiger partial charge in [-0.2, -0.15) is 0 Å². The van der Waals surface area contributed by atoms with Crippen molar-refractivity contribution in [1.29, 1.82) is 0 Å². The van der Waals surface area contributed by atoms with Crippen LogP contribution in [0, 0.1) is 5.92 Å². The third-order valence-corrected chi connectivity index (χ3v) is 4.92. The maximum Gasteiger partial charge on any atom is 0.259 e. The van der Waals surface area contributed by atoms with Gasteiger partial charge in [-0.1, -0.05) is 24.4 Å². The molecule has 2 unspecified atom stereocenters. The van der Waals surface area contributed by atoms with E-state index in [0.717, 1.165) is 25.7 Å². The van der Waals surface area contributed by atoms with E-state index in [1.54, 1.807) is 32.3 Å². The highest BCUT2D eigenvalue weighted by atomic mass is 35.5. The first-order valence-electron chi connectivity index (χ1n) is 8.43. The summed E-state index contributed by atoms with van der Waals surface area (Å²) in [4.78, 5) is 25.6. The van der Waals surface area contributed by atoms with Crippen molar-refractivity contribution < 1.29 is 14.3 Å². The van der Waals surface area contributed by atoms with Crippen molar-refractivity contribution in [2.24, 2.45) is 11.7 Å². The number of benzene rings is 1. The normalized spacial score (nSPS) is 22.1. The van der Waals surface area contributed by atoms with E-state index in [0.29, 0.717) is 16.5 Å². The summed E-state index contributed by atoms with van der Waals surface area (Å²) in [7, 11) is 3.31. The van der Waals surface area contributed by atoms with E-state index < -0.39 is 5.54 Å². The Labute approximate surface area is 165 Å². The molecule has 3 N–H and O–H groups in total. The van der Waals surface area contributed by atoms with E-state index in [4.69, 9.17) is 22.1 Å². The molecule has 1 aromatic rings. The van der Waals surface area contributed by atoms with Crippen LogP contribution in [-0.4, -0.2) is 43.0 Å². The standard InChI is InChI=1S/C18H26ClN3O3.ClH/c1-18(20)9-5-4-6-13(18)17(24)21-12-7-8-15(14(19)10-12)25-11-16(23)22(2)3;/h7-8,10,13H,4-6,9,11,20H2,1-3H3,(H,21,24);1H. The largest absolute Gasteiger partial charge is 0.482 e. The maximum absolute atomic E-state index is 12.6. The van der Waals surface area contributed by atoms with Crippen LogP contribution in [0.4, 0.5) is 5.69 Å². The van der Waals surface area contributed by atoms with Gasteiger partial charge >= 0.3 is 0 Å². The third kappa shape index (κ3) is 5.76. The number of carbonyl (C=O) groups is 2. The first-order chi connectivity index (χ1) is 11.7. The highest BCUT2D eigenvalue weighted by molar-refractivity contribution is 6.32. The summed E-state index contributed by atoms with van der Waals surface area (Å²) < 4.78 is 5.41. The lowest BCUT2D eigenvalue weighted by Crippen LogP contribution is -2.51. The molecule has 0 aromatic heterocycles. The number of rotatable bonds is 5. The average molecular weight is 404 g/mol. The van der Waals surface area contributed by atoms with Crippen LogP contribution in [0.5, 0.6) is 5.75 Å². The highest BCUT2D eigenvalue weighted by Crippen LogP contribution is 2.33. The van der Waals surface area contributed by atoms with E-state index in [1.807, 2.05) is 6.92 Å². The number of hydrogen-bond acceptors (Lipinski definition) is 4. The van der Waals surface area contributed by atoms with Crippen molar-refractivity contribution in [1.82, 2.24) is 4.90 Å². The summed E-state index contributed by atoms with van der Waals surface area (Å²) in [5.74, 6) is -0.0601. The zero-order valence-corrected chi connectivity index (χ0v) is 17.0. The van der Waals surface area contributed by atoms with Crippen LogP contribution in [0.1, 0.15) is 32.6 Å². The van der Waals surface area contributed by atoms with Crippen molar-refractivity contribution >= 4 is 41.5 Å². The summed E-state index contributed by atoms with van der Waals surface area (Å²) >= 11 is 6.19. The van der Waals surface area contributed by atoms with Gasteiger partial charge in [0.15, 0.2) is 6.61 Å². The predicted octanol–water partition coefficient (Wildman–Crippen LogP) is 3.07. The van der Waals surface area contributed by atoms with Gasteiger partial charge in [-0.3, -0.25) is 9.59 Å². The second-order valence-corrected chi connectivity index (χ2v) is 7.42. The first-order valence-corrected chi connectivity index (χ1v) is 8.81. The minimum absolute atomic E-state index is 0. The number of halogens is 2. The van der Waals surface area contributed by atoms with Gasteiger partial charge in [-0.25, -0.2) is 0 Å². The van der Waals surface area contributed by atoms with Crippen molar-refractivity contribution in [2.45, 2.75) is 38.1 Å². The minimum Gasteiger partial charge on any atom is -0.482 e. The van der Waals surface area contributed by atoms with E-state index in [9.17, 15) is 9.59 Å². The number of nitrogens with one attached hydrogen (secondary N) is 1. The van der Waals surface area contributed by atoms with Gasteiger partial charge in [0.05, 0.1) is 10.9 Å². The summed E-state index contributed by atoms with van der Waals surface area (Å²) in [6.07, 6.45) is 3.71. The fourth-order valence-corrected chi connectivity index (χ4v) is 3.22. The minimum atomic E-state index is -0.484. The molecule has 8 heteroatoms. The Bertz CT molecular complexity index is 651. The zero-order valence-electron chi connectivity index (χ0n) is 15.4. The van der Waals surface area contributed by atoms with E-state index in [-0.39, 0.29) is 36.7 Å². The Morgan fingerprint density at radius 2 is 2.08 bits per heavy atom. The van der Waals surface area contributed by atoms with Crippen LogP contribution in [0.15, 0.2) is 18.2 Å². The van der Waals surface area contributed by atoms with Gasteiger partial charge in [0.2, 0.25) is 5.91 Å². The smallest absolute Gasteiger partial charge is 0.259 e. The molecule has 1 aliphatic rings. The Kier molecular flexibility index (Phi) is 8.18. The quantitative estimate of drug-likeness (QED) is 0.790. The molecule has 0 aliphatic heterocycles. The second kappa shape index (κ2) is 9.44. The monoisotopic (exact) mass is 403 g/mol. The number of ether oxygens (including phenoxy) is 1. The molecule has 0 spiro atoms. The summed E-state index contributed by atoms with van der Waals surface area (Å²) in [5, 5.41) is 3.22. The third-order valence-electron chi connectivity index (χ3n) is 4.62. The molecule has 0 heterocycles. The summed E-state index contributed by atoms with van der Waals surface area (Å²) in [6.45, 7) is 1.84. The lowest BCUT2D eigenvalue weighted by Gasteiger charge is -2.37. The Morgan fingerprint density at radius 1 is 1.38 bits per heavy atom. The molecule has 26 heavy (non-hydrogen) atoms. The molecular formula is C18H27Cl2N3O3. The fourth-order valence-electron chi connectivity index (χ4n) is 2.98. The summed E-state index contributed by atoms with van der Waals surface area (Å²) in [6, 6.07) is 4.96. The number of anilines is 1. The van der Waals surface area contributed by atoms with E-state index >= 15 is 0 Å².